The first-order chi connectivity index (χ1) is 8.34. The van der Waals surface area contributed by atoms with Crippen LogP contribution in [0.3, 0.4) is 0 Å². The first-order valence-electron chi connectivity index (χ1n) is 7.40. The molecule has 2 aliphatic rings. The van der Waals surface area contributed by atoms with Gasteiger partial charge in [0.05, 0.1) is 11.7 Å². The number of hydrogen-bond acceptors (Lipinski definition) is 1. The molecule has 0 spiro atoms. The third kappa shape index (κ3) is 2.91. The van der Waals surface area contributed by atoms with Gasteiger partial charge in [0.15, 0.2) is 0 Å². The molecular weight excluding hydrogens is 208 g/mol. The lowest BCUT2D eigenvalue weighted by molar-refractivity contribution is 0.323. The Morgan fingerprint density at radius 1 is 1.06 bits per heavy atom. The van der Waals surface area contributed by atoms with Gasteiger partial charge in [-0.2, -0.15) is 5.10 Å². The van der Waals surface area contributed by atoms with Crippen LogP contribution >= 0.6 is 0 Å². The third-order valence-corrected chi connectivity index (χ3v) is 3.86. The Hall–Kier alpha value is -0.790. The summed E-state index contributed by atoms with van der Waals surface area (Å²) in [5, 5.41) is 4.81. The molecule has 2 fully saturated rings. The SMILES string of the molecule is CC.Cc1cc(C2CC2)nn1C1CCCCC1. The maximum absolute atomic E-state index is 4.81. The standard InChI is InChI=1S/C13H20N2.C2H6/c1-10-9-13(11-7-8-11)14-15(10)12-5-3-2-4-6-12;1-2/h9,11-12H,2-8H2,1H3;1-2H3. The van der Waals surface area contributed by atoms with E-state index in [1.807, 2.05) is 13.8 Å². The normalized spacial score (nSPS) is 20.9. The van der Waals surface area contributed by atoms with Crippen LogP contribution in [0.5, 0.6) is 0 Å². The Morgan fingerprint density at radius 3 is 2.29 bits per heavy atom. The van der Waals surface area contributed by atoms with Gasteiger partial charge in [0.1, 0.15) is 0 Å². The quantitative estimate of drug-likeness (QED) is 0.731. The average molecular weight is 234 g/mol. The van der Waals surface area contributed by atoms with Crippen molar-refractivity contribution in [2.24, 2.45) is 0 Å². The summed E-state index contributed by atoms with van der Waals surface area (Å²) in [5.41, 5.74) is 2.74. The maximum Gasteiger partial charge on any atom is 0.0658 e. The second-order valence-electron chi connectivity index (χ2n) is 5.22. The van der Waals surface area contributed by atoms with Crippen LogP contribution in [0.15, 0.2) is 6.07 Å². The Bertz CT molecular complexity index is 344. The second-order valence-corrected chi connectivity index (χ2v) is 5.22. The molecule has 2 nitrogen and oxygen atoms in total. The molecule has 96 valence electrons. The van der Waals surface area contributed by atoms with Gasteiger partial charge in [-0.3, -0.25) is 4.68 Å². The highest BCUT2D eigenvalue weighted by Crippen LogP contribution is 2.40. The topological polar surface area (TPSA) is 17.8 Å². The van der Waals surface area contributed by atoms with Crippen molar-refractivity contribution < 1.29 is 0 Å². The lowest BCUT2D eigenvalue weighted by Gasteiger charge is -2.23. The van der Waals surface area contributed by atoms with Crippen molar-refractivity contribution in [3.05, 3.63) is 17.5 Å². The Balaban J connectivity index is 0.000000514. The smallest absolute Gasteiger partial charge is 0.0658 e. The summed E-state index contributed by atoms with van der Waals surface area (Å²) >= 11 is 0. The first-order valence-corrected chi connectivity index (χ1v) is 7.40. The number of rotatable bonds is 2. The molecule has 0 unspecified atom stereocenters. The average Bonchev–Trinajstić information content (AvgIpc) is 3.17. The Kier molecular flexibility index (Phi) is 4.25. The molecule has 17 heavy (non-hydrogen) atoms. The van der Waals surface area contributed by atoms with E-state index >= 15 is 0 Å². The predicted molar refractivity (Wildman–Crippen MR) is 72.4 cm³/mol. The van der Waals surface area contributed by atoms with Crippen LogP contribution in [0.1, 0.15) is 82.1 Å². The van der Waals surface area contributed by atoms with Crippen molar-refractivity contribution in [3.8, 4) is 0 Å². The molecule has 0 radical (unpaired) electrons. The minimum atomic E-state index is 0.700. The lowest BCUT2D eigenvalue weighted by Crippen LogP contribution is -2.15. The molecule has 0 atom stereocenters. The summed E-state index contributed by atoms with van der Waals surface area (Å²) in [5.74, 6) is 0.800. The number of aromatic nitrogens is 2. The monoisotopic (exact) mass is 234 g/mol. The van der Waals surface area contributed by atoms with E-state index in [9.17, 15) is 0 Å². The molecule has 1 aromatic heterocycles. The van der Waals surface area contributed by atoms with Gasteiger partial charge in [-0.25, -0.2) is 0 Å². The van der Waals surface area contributed by atoms with Crippen LogP contribution in [-0.2, 0) is 0 Å². The zero-order valence-electron chi connectivity index (χ0n) is 11.6. The number of hydrogen-bond donors (Lipinski definition) is 0. The predicted octanol–water partition coefficient (Wildman–Crippen LogP) is 4.60. The largest absolute Gasteiger partial charge is 0.267 e. The Labute approximate surface area is 105 Å². The molecule has 0 aliphatic heterocycles. The minimum Gasteiger partial charge on any atom is -0.267 e. The fourth-order valence-corrected chi connectivity index (χ4v) is 2.79. The van der Waals surface area contributed by atoms with Crippen LogP contribution in [0.25, 0.3) is 0 Å². The van der Waals surface area contributed by atoms with E-state index in [1.54, 1.807) is 0 Å². The van der Waals surface area contributed by atoms with E-state index < -0.39 is 0 Å². The van der Waals surface area contributed by atoms with E-state index in [-0.39, 0.29) is 0 Å². The van der Waals surface area contributed by atoms with Gasteiger partial charge in [0.25, 0.3) is 0 Å². The summed E-state index contributed by atoms with van der Waals surface area (Å²) in [6.45, 7) is 6.22. The zero-order valence-corrected chi connectivity index (χ0v) is 11.6. The van der Waals surface area contributed by atoms with Crippen molar-refractivity contribution in [1.29, 1.82) is 0 Å². The van der Waals surface area contributed by atoms with Gasteiger partial charge in [-0.05, 0) is 38.7 Å². The van der Waals surface area contributed by atoms with Crippen LogP contribution in [0.2, 0.25) is 0 Å². The fraction of sp³-hybridized carbons (Fsp3) is 0.800. The van der Waals surface area contributed by atoms with Crippen LogP contribution < -0.4 is 0 Å². The van der Waals surface area contributed by atoms with Gasteiger partial charge in [0, 0.05) is 11.6 Å². The van der Waals surface area contributed by atoms with E-state index in [0.29, 0.717) is 6.04 Å². The van der Waals surface area contributed by atoms with E-state index in [2.05, 4.69) is 17.7 Å². The molecule has 0 amide bonds. The number of nitrogens with zero attached hydrogens (tertiary/aromatic N) is 2. The van der Waals surface area contributed by atoms with Crippen molar-refractivity contribution in [1.82, 2.24) is 9.78 Å². The summed E-state index contributed by atoms with van der Waals surface area (Å²) in [7, 11) is 0. The molecule has 2 heteroatoms. The van der Waals surface area contributed by atoms with Crippen LogP contribution in [0, 0.1) is 6.92 Å². The van der Waals surface area contributed by atoms with E-state index in [4.69, 9.17) is 5.10 Å². The molecule has 2 saturated carbocycles. The van der Waals surface area contributed by atoms with Crippen molar-refractivity contribution in [2.45, 2.75) is 77.7 Å². The van der Waals surface area contributed by atoms with Gasteiger partial charge < -0.3 is 0 Å². The molecule has 0 saturated heterocycles. The highest BCUT2D eigenvalue weighted by molar-refractivity contribution is 5.18. The van der Waals surface area contributed by atoms with Crippen LogP contribution in [0.4, 0.5) is 0 Å². The number of aryl methyl sites for hydroxylation is 1. The Morgan fingerprint density at radius 2 is 1.71 bits per heavy atom. The molecule has 0 bridgehead atoms. The molecular formula is C15H26N2. The summed E-state index contributed by atoms with van der Waals surface area (Å²) in [6.07, 6.45) is 9.61. The van der Waals surface area contributed by atoms with E-state index in [1.165, 1.54) is 56.3 Å². The van der Waals surface area contributed by atoms with E-state index in [0.717, 1.165) is 5.92 Å². The van der Waals surface area contributed by atoms with Crippen molar-refractivity contribution in [3.63, 3.8) is 0 Å². The van der Waals surface area contributed by atoms with Gasteiger partial charge in [-0.1, -0.05) is 33.1 Å². The van der Waals surface area contributed by atoms with Gasteiger partial charge >= 0.3 is 0 Å². The summed E-state index contributed by atoms with van der Waals surface area (Å²) < 4.78 is 2.31. The molecule has 1 heterocycles. The second kappa shape index (κ2) is 5.70. The van der Waals surface area contributed by atoms with Crippen molar-refractivity contribution >= 4 is 0 Å². The molecule has 0 N–H and O–H groups in total. The van der Waals surface area contributed by atoms with Crippen LogP contribution in [-0.4, -0.2) is 9.78 Å². The van der Waals surface area contributed by atoms with Gasteiger partial charge in [-0.15, -0.1) is 0 Å². The highest BCUT2D eigenvalue weighted by Gasteiger charge is 2.28. The summed E-state index contributed by atoms with van der Waals surface area (Å²) in [4.78, 5) is 0. The minimum absolute atomic E-state index is 0.700. The molecule has 0 aromatic carbocycles. The van der Waals surface area contributed by atoms with Gasteiger partial charge in [0.2, 0.25) is 0 Å². The third-order valence-electron chi connectivity index (χ3n) is 3.86. The highest BCUT2D eigenvalue weighted by atomic mass is 15.3. The summed E-state index contributed by atoms with van der Waals surface area (Å²) in [6, 6.07) is 3.01. The first kappa shape index (κ1) is 12.7. The lowest BCUT2D eigenvalue weighted by atomic mass is 9.95. The molecule has 3 rings (SSSR count). The molecule has 2 aliphatic carbocycles. The zero-order chi connectivity index (χ0) is 12.3. The maximum atomic E-state index is 4.81. The molecule has 1 aromatic rings. The fourth-order valence-electron chi connectivity index (χ4n) is 2.79. The van der Waals surface area contributed by atoms with Crippen molar-refractivity contribution in [2.75, 3.05) is 0 Å².